The van der Waals surface area contributed by atoms with E-state index in [1.807, 2.05) is 11.8 Å². The topological polar surface area (TPSA) is 3.24 Å². The SMILES string of the molecule is Fc1ccc(S)c(CN2CCSCC2)c1. The highest BCUT2D eigenvalue weighted by molar-refractivity contribution is 7.99. The number of thioether (sulfide) groups is 1. The maximum Gasteiger partial charge on any atom is 0.123 e. The van der Waals surface area contributed by atoms with Crippen molar-refractivity contribution >= 4 is 24.4 Å². The van der Waals surface area contributed by atoms with E-state index >= 15 is 0 Å². The van der Waals surface area contributed by atoms with Crippen molar-refractivity contribution in [3.63, 3.8) is 0 Å². The van der Waals surface area contributed by atoms with Gasteiger partial charge in [-0.3, -0.25) is 4.90 Å². The lowest BCUT2D eigenvalue weighted by molar-refractivity contribution is 0.292. The molecule has 4 heteroatoms. The average molecular weight is 243 g/mol. The second-order valence-corrected chi connectivity index (χ2v) is 5.37. The number of hydrogen-bond donors (Lipinski definition) is 1. The molecular formula is C11H14FNS2. The highest BCUT2D eigenvalue weighted by Gasteiger charge is 2.12. The minimum Gasteiger partial charge on any atom is -0.297 e. The van der Waals surface area contributed by atoms with Gasteiger partial charge >= 0.3 is 0 Å². The van der Waals surface area contributed by atoms with E-state index in [2.05, 4.69) is 17.5 Å². The lowest BCUT2D eigenvalue weighted by Crippen LogP contribution is -2.32. The Labute approximate surface area is 99.5 Å². The lowest BCUT2D eigenvalue weighted by Gasteiger charge is -2.26. The van der Waals surface area contributed by atoms with Gasteiger partial charge in [-0.1, -0.05) is 0 Å². The number of halogens is 1. The molecule has 2 rings (SSSR count). The van der Waals surface area contributed by atoms with Gasteiger partial charge in [-0.05, 0) is 23.8 Å². The highest BCUT2D eigenvalue weighted by atomic mass is 32.2. The molecule has 1 aromatic carbocycles. The molecule has 0 atom stereocenters. The molecule has 1 saturated heterocycles. The molecule has 1 aliphatic rings. The van der Waals surface area contributed by atoms with Crippen molar-refractivity contribution in [2.75, 3.05) is 24.6 Å². The van der Waals surface area contributed by atoms with Crippen LogP contribution in [0.25, 0.3) is 0 Å². The number of thiol groups is 1. The number of nitrogens with zero attached hydrogens (tertiary/aromatic N) is 1. The molecule has 0 aromatic heterocycles. The van der Waals surface area contributed by atoms with Crippen molar-refractivity contribution < 1.29 is 4.39 Å². The quantitative estimate of drug-likeness (QED) is 0.796. The van der Waals surface area contributed by atoms with Crippen molar-refractivity contribution in [3.8, 4) is 0 Å². The van der Waals surface area contributed by atoms with Crippen molar-refractivity contribution in [3.05, 3.63) is 29.6 Å². The van der Waals surface area contributed by atoms with Crippen molar-refractivity contribution in [2.45, 2.75) is 11.4 Å². The number of hydrogen-bond acceptors (Lipinski definition) is 3. The first kappa shape index (κ1) is 11.3. The first-order valence-corrected chi connectivity index (χ1v) is 6.63. The Bertz CT molecular complexity index is 337. The summed E-state index contributed by atoms with van der Waals surface area (Å²) in [4.78, 5) is 3.24. The van der Waals surface area contributed by atoms with Crippen LogP contribution < -0.4 is 0 Å². The van der Waals surface area contributed by atoms with Gasteiger partial charge < -0.3 is 0 Å². The molecule has 1 aromatic rings. The summed E-state index contributed by atoms with van der Waals surface area (Å²) in [6.45, 7) is 3.00. The molecule has 0 aliphatic carbocycles. The first-order valence-electron chi connectivity index (χ1n) is 5.03. The van der Waals surface area contributed by atoms with Crippen LogP contribution in [0.4, 0.5) is 4.39 Å². The van der Waals surface area contributed by atoms with Crippen molar-refractivity contribution in [1.82, 2.24) is 4.90 Å². The molecule has 1 fully saturated rings. The minimum atomic E-state index is -0.172. The first-order chi connectivity index (χ1) is 7.25. The van der Waals surface area contributed by atoms with Crippen LogP contribution >= 0.6 is 24.4 Å². The fourth-order valence-electron chi connectivity index (χ4n) is 1.68. The maximum absolute atomic E-state index is 13.0. The van der Waals surface area contributed by atoms with Crippen molar-refractivity contribution in [2.24, 2.45) is 0 Å². The van der Waals surface area contributed by atoms with Gasteiger partial charge in [0.25, 0.3) is 0 Å². The Morgan fingerprint density at radius 1 is 1.33 bits per heavy atom. The molecule has 1 aliphatic heterocycles. The maximum atomic E-state index is 13.0. The molecule has 1 nitrogen and oxygen atoms in total. The molecule has 15 heavy (non-hydrogen) atoms. The minimum absolute atomic E-state index is 0.172. The number of rotatable bonds is 2. The van der Waals surface area contributed by atoms with Gasteiger partial charge in [-0.25, -0.2) is 4.39 Å². The van der Waals surface area contributed by atoms with E-state index in [0.717, 1.165) is 30.1 Å². The monoisotopic (exact) mass is 243 g/mol. The normalized spacial score (nSPS) is 18.0. The Kier molecular flexibility index (Phi) is 3.94. The molecule has 0 spiro atoms. The van der Waals surface area contributed by atoms with Gasteiger partial charge in [0, 0.05) is 36.0 Å². The van der Waals surface area contributed by atoms with E-state index in [9.17, 15) is 4.39 Å². The molecule has 1 heterocycles. The van der Waals surface area contributed by atoms with Gasteiger partial charge in [0.1, 0.15) is 5.82 Å². The van der Waals surface area contributed by atoms with Crippen LogP contribution in [0.1, 0.15) is 5.56 Å². The summed E-state index contributed by atoms with van der Waals surface area (Å²) < 4.78 is 13.0. The van der Waals surface area contributed by atoms with Crippen LogP contribution in [0.5, 0.6) is 0 Å². The summed E-state index contributed by atoms with van der Waals surface area (Å²) in [5, 5.41) is 0. The Morgan fingerprint density at radius 3 is 2.80 bits per heavy atom. The highest BCUT2D eigenvalue weighted by Crippen LogP contribution is 2.19. The molecule has 0 radical (unpaired) electrons. The molecule has 0 bridgehead atoms. The second kappa shape index (κ2) is 5.23. The largest absolute Gasteiger partial charge is 0.297 e. The van der Waals surface area contributed by atoms with E-state index in [0.29, 0.717) is 0 Å². The molecule has 0 N–H and O–H groups in total. The second-order valence-electron chi connectivity index (χ2n) is 3.66. The molecular weight excluding hydrogens is 229 g/mol. The van der Waals surface area contributed by atoms with E-state index in [1.54, 1.807) is 12.1 Å². The van der Waals surface area contributed by atoms with Crippen LogP contribution in [0.3, 0.4) is 0 Å². The standard InChI is InChI=1S/C11H14FNS2/c12-10-1-2-11(14)9(7-10)8-13-3-5-15-6-4-13/h1-2,7,14H,3-6,8H2. The Morgan fingerprint density at radius 2 is 2.07 bits per heavy atom. The Hall–Kier alpha value is -0.190. The summed E-state index contributed by atoms with van der Waals surface area (Å²) in [6, 6.07) is 4.77. The molecule has 82 valence electrons. The molecule has 0 amide bonds. The van der Waals surface area contributed by atoms with Crippen LogP contribution in [0, 0.1) is 5.82 Å². The molecule has 0 unspecified atom stereocenters. The van der Waals surface area contributed by atoms with Gasteiger partial charge in [-0.15, -0.1) is 12.6 Å². The van der Waals surface area contributed by atoms with Gasteiger partial charge in [-0.2, -0.15) is 11.8 Å². The average Bonchev–Trinajstić information content (AvgIpc) is 2.25. The smallest absolute Gasteiger partial charge is 0.123 e. The summed E-state index contributed by atoms with van der Waals surface area (Å²) in [5.74, 6) is 2.18. The molecule has 0 saturated carbocycles. The van der Waals surface area contributed by atoms with E-state index in [-0.39, 0.29) is 5.82 Å². The van der Waals surface area contributed by atoms with Crippen LogP contribution in [-0.4, -0.2) is 29.5 Å². The van der Waals surface area contributed by atoms with E-state index in [1.165, 1.54) is 17.6 Å². The zero-order chi connectivity index (χ0) is 10.7. The zero-order valence-electron chi connectivity index (χ0n) is 8.45. The summed E-state index contributed by atoms with van der Waals surface area (Å²) >= 11 is 6.33. The predicted octanol–water partition coefficient (Wildman–Crippen LogP) is 2.66. The van der Waals surface area contributed by atoms with Crippen LogP contribution in [0.15, 0.2) is 23.1 Å². The summed E-state index contributed by atoms with van der Waals surface area (Å²) in [5.41, 5.74) is 0.991. The number of benzene rings is 1. The van der Waals surface area contributed by atoms with E-state index < -0.39 is 0 Å². The third-order valence-electron chi connectivity index (χ3n) is 2.54. The van der Waals surface area contributed by atoms with Gasteiger partial charge in [0.05, 0.1) is 0 Å². The summed E-state index contributed by atoms with van der Waals surface area (Å²) in [7, 11) is 0. The van der Waals surface area contributed by atoms with Gasteiger partial charge in [0.2, 0.25) is 0 Å². The third-order valence-corrected chi connectivity index (χ3v) is 3.92. The summed E-state index contributed by atoms with van der Waals surface area (Å²) in [6.07, 6.45) is 0. The fraction of sp³-hybridized carbons (Fsp3) is 0.455. The third kappa shape index (κ3) is 3.13. The van der Waals surface area contributed by atoms with Gasteiger partial charge in [0.15, 0.2) is 0 Å². The van der Waals surface area contributed by atoms with Crippen molar-refractivity contribution in [1.29, 1.82) is 0 Å². The predicted molar refractivity (Wildman–Crippen MR) is 66.3 cm³/mol. The van der Waals surface area contributed by atoms with E-state index in [4.69, 9.17) is 0 Å². The van der Waals surface area contributed by atoms with Crippen LogP contribution in [0.2, 0.25) is 0 Å². The fourth-order valence-corrected chi connectivity index (χ4v) is 2.87. The lowest BCUT2D eigenvalue weighted by atomic mass is 10.2. The Balaban J connectivity index is 2.05. The van der Waals surface area contributed by atoms with Crippen LogP contribution in [-0.2, 0) is 6.54 Å². The zero-order valence-corrected chi connectivity index (χ0v) is 10.2.